The normalized spacial score (nSPS) is 12.8. The number of anilines is 4. The van der Waals surface area contributed by atoms with Crippen LogP contribution in [0.25, 0.3) is 71.2 Å². The fourth-order valence-corrected chi connectivity index (χ4v) is 10.6. The first kappa shape index (κ1) is 40.9. The molecule has 0 amide bonds. The Morgan fingerprint density at radius 2 is 1.09 bits per heavy atom. The summed E-state index contributed by atoms with van der Waals surface area (Å²) in [7, 11) is 4.37. The van der Waals surface area contributed by atoms with Crippen LogP contribution in [0.1, 0.15) is 25.0 Å². The van der Waals surface area contributed by atoms with E-state index in [0.29, 0.717) is 11.5 Å². The van der Waals surface area contributed by atoms with Gasteiger partial charge in [-0.15, -0.1) is 48.1 Å². The smallest absolute Gasteiger partial charge is 0.135 e. The van der Waals surface area contributed by atoms with Gasteiger partial charge in [-0.05, 0) is 65.0 Å². The number of para-hydroxylation sites is 5. The van der Waals surface area contributed by atoms with Gasteiger partial charge in [-0.3, -0.25) is 0 Å². The van der Waals surface area contributed by atoms with E-state index >= 15 is 0 Å². The molecule has 0 fully saturated rings. The van der Waals surface area contributed by atoms with Crippen molar-refractivity contribution in [2.45, 2.75) is 19.3 Å². The molecule has 0 atom stereocenters. The molecule has 0 bridgehead atoms. The number of pyridine rings is 1. The number of ether oxygens (including phenoxy) is 1. The Bertz CT molecular complexity index is 3820. The molecular formula is C59H43N6OPt-3. The number of rotatable bonds is 7. The fraction of sp³-hybridized carbons (Fsp3) is 0.0847. The zero-order valence-electron chi connectivity index (χ0n) is 37.3. The average Bonchev–Trinajstić information content (AvgIpc) is 4.08. The molecule has 5 heterocycles. The van der Waals surface area contributed by atoms with Gasteiger partial charge in [-0.25, -0.2) is 4.98 Å². The average molecular weight is 1050 g/mol. The maximum Gasteiger partial charge on any atom is 0.135 e. The van der Waals surface area contributed by atoms with Crippen molar-refractivity contribution in [3.63, 3.8) is 0 Å². The Balaban J connectivity index is 0.00000468. The zero-order chi connectivity index (χ0) is 44.3. The maximum atomic E-state index is 6.72. The topological polar surface area (TPSA) is 43.4 Å². The van der Waals surface area contributed by atoms with Crippen LogP contribution >= 0.6 is 0 Å². The third-order valence-electron chi connectivity index (χ3n) is 13.9. The van der Waals surface area contributed by atoms with Gasteiger partial charge in [0.1, 0.15) is 5.82 Å². The Morgan fingerprint density at radius 3 is 1.78 bits per heavy atom. The first-order chi connectivity index (χ1) is 32.3. The van der Waals surface area contributed by atoms with Gasteiger partial charge >= 0.3 is 0 Å². The van der Waals surface area contributed by atoms with Crippen molar-refractivity contribution in [3.8, 4) is 17.3 Å². The van der Waals surface area contributed by atoms with E-state index < -0.39 is 0 Å². The summed E-state index contributed by atoms with van der Waals surface area (Å²) < 4.78 is 13.6. The van der Waals surface area contributed by atoms with Crippen LogP contribution in [0.4, 0.5) is 22.7 Å². The quantitative estimate of drug-likeness (QED) is 0.149. The Labute approximate surface area is 402 Å². The second-order valence-electron chi connectivity index (χ2n) is 17.8. The first-order valence-corrected chi connectivity index (χ1v) is 22.4. The van der Waals surface area contributed by atoms with Crippen LogP contribution in [-0.2, 0) is 40.6 Å². The standard InChI is InChI=1S/C59H43N6O.Pt/c1-59(2,38-17-6-5-7-18-38)39-31-32-60-55(33-39)65-51-26-13-10-21-43(51)46-30-29-42(35-54(46)65)66-41-20-16-19-40(34-41)63-37-64(53-28-15-14-27-52(53)63)58-56-47(44-22-8-11-24-49(44)61(56)3)36-48-45-23-9-12-25-50(45)62(4)57(48)58;/h5-33,36-37H,1-4H3;/q-3;. The molecule has 0 unspecified atom stereocenters. The van der Waals surface area contributed by atoms with E-state index in [4.69, 9.17) is 9.72 Å². The second kappa shape index (κ2) is 15.5. The van der Waals surface area contributed by atoms with Crippen LogP contribution in [0.3, 0.4) is 0 Å². The molecule has 0 spiro atoms. The third kappa shape index (κ3) is 6.18. The van der Waals surface area contributed by atoms with Crippen LogP contribution in [0.2, 0.25) is 0 Å². The van der Waals surface area contributed by atoms with E-state index in [-0.39, 0.29) is 26.5 Å². The number of hydrogen-bond acceptors (Lipinski definition) is 4. The van der Waals surface area contributed by atoms with Crippen LogP contribution in [-0.4, -0.2) is 18.7 Å². The van der Waals surface area contributed by atoms with Gasteiger partial charge in [-0.1, -0.05) is 116 Å². The SMILES string of the molecule is Cn1c2ccccc2c2cc3c4ccccc4n(C)c3c(N3[CH-]N(c4[c-]c(Oc5[c-]c6c(cc5)c5ccccc5n6-c5cc(C(C)(C)c6ccccc6)ccn5)ccc4)c4ccccc43)c21.[Pt]. The fourth-order valence-electron chi connectivity index (χ4n) is 10.6. The molecule has 12 aromatic rings. The maximum absolute atomic E-state index is 6.72. The van der Waals surface area contributed by atoms with Crippen LogP contribution in [0, 0.1) is 18.8 Å². The van der Waals surface area contributed by atoms with Crippen molar-refractivity contribution in [1.82, 2.24) is 18.7 Å². The van der Waals surface area contributed by atoms with Gasteiger partial charge in [0.2, 0.25) is 0 Å². The molecule has 8 aromatic carbocycles. The molecule has 0 N–H and O–H groups in total. The number of aromatic nitrogens is 4. The minimum absolute atomic E-state index is 0. The number of aryl methyl sites for hydroxylation is 2. The van der Waals surface area contributed by atoms with Crippen LogP contribution in [0.5, 0.6) is 11.5 Å². The molecule has 13 rings (SSSR count). The van der Waals surface area contributed by atoms with Crippen molar-refractivity contribution in [2.24, 2.45) is 14.1 Å². The molecule has 1 aliphatic heterocycles. The van der Waals surface area contributed by atoms with Gasteiger partial charge in [0.05, 0.1) is 16.7 Å². The van der Waals surface area contributed by atoms with Gasteiger partial charge in [0.25, 0.3) is 0 Å². The molecule has 0 radical (unpaired) electrons. The molecular weight excluding hydrogens is 1000 g/mol. The molecule has 0 saturated carbocycles. The second-order valence-corrected chi connectivity index (χ2v) is 17.8. The number of hydrogen-bond donors (Lipinski definition) is 0. The van der Waals surface area contributed by atoms with Crippen molar-refractivity contribution in [3.05, 3.63) is 212 Å². The van der Waals surface area contributed by atoms with E-state index in [9.17, 15) is 0 Å². The Kier molecular flexibility index (Phi) is 9.46. The summed E-state index contributed by atoms with van der Waals surface area (Å²) >= 11 is 0. The molecule has 8 heteroatoms. The van der Waals surface area contributed by atoms with Crippen molar-refractivity contribution in [1.29, 1.82) is 0 Å². The van der Waals surface area contributed by atoms with Crippen molar-refractivity contribution in [2.75, 3.05) is 9.80 Å². The molecule has 328 valence electrons. The van der Waals surface area contributed by atoms with Crippen LogP contribution in [0.15, 0.2) is 182 Å². The number of nitrogens with zero attached hydrogens (tertiary/aromatic N) is 6. The Hall–Kier alpha value is -7.60. The molecule has 67 heavy (non-hydrogen) atoms. The van der Waals surface area contributed by atoms with E-state index in [2.05, 4.69) is 228 Å². The van der Waals surface area contributed by atoms with Gasteiger partial charge in [-0.2, -0.15) is 12.1 Å². The molecule has 0 saturated heterocycles. The van der Waals surface area contributed by atoms with E-state index in [1.165, 1.54) is 54.7 Å². The minimum atomic E-state index is -0.230. The molecule has 1 aliphatic rings. The molecule has 7 nitrogen and oxygen atoms in total. The van der Waals surface area contributed by atoms with Crippen LogP contribution < -0.4 is 14.5 Å². The predicted molar refractivity (Wildman–Crippen MR) is 271 cm³/mol. The summed E-state index contributed by atoms with van der Waals surface area (Å²) in [4.78, 5) is 9.54. The molecule has 4 aromatic heterocycles. The third-order valence-corrected chi connectivity index (χ3v) is 13.9. The summed E-state index contributed by atoms with van der Waals surface area (Å²) in [5.41, 5.74) is 13.0. The summed E-state index contributed by atoms with van der Waals surface area (Å²) in [6.07, 6.45) is 1.91. The predicted octanol–water partition coefficient (Wildman–Crippen LogP) is 14.6. The summed E-state index contributed by atoms with van der Waals surface area (Å²) in [5.74, 6) is 2.01. The minimum Gasteiger partial charge on any atom is -0.509 e. The van der Waals surface area contributed by atoms with Gasteiger partial charge in [0.15, 0.2) is 0 Å². The van der Waals surface area contributed by atoms with Crippen molar-refractivity contribution >= 4 is 88.2 Å². The van der Waals surface area contributed by atoms with Gasteiger partial charge < -0.3 is 28.2 Å². The van der Waals surface area contributed by atoms with E-state index in [0.717, 1.165) is 50.4 Å². The Morgan fingerprint density at radius 1 is 0.507 bits per heavy atom. The number of fused-ring (bicyclic) bond motifs is 10. The molecule has 0 aliphatic carbocycles. The van der Waals surface area contributed by atoms with Crippen molar-refractivity contribution < 1.29 is 25.8 Å². The largest absolute Gasteiger partial charge is 0.509 e. The summed E-state index contributed by atoms with van der Waals surface area (Å²) in [6, 6.07) is 69.4. The first-order valence-electron chi connectivity index (χ1n) is 22.4. The summed E-state index contributed by atoms with van der Waals surface area (Å²) in [5, 5.41) is 7.14. The van der Waals surface area contributed by atoms with E-state index in [1.807, 2.05) is 24.4 Å². The monoisotopic (exact) mass is 1050 g/mol. The summed E-state index contributed by atoms with van der Waals surface area (Å²) in [6.45, 7) is 6.74. The van der Waals surface area contributed by atoms with Gasteiger partial charge in [0, 0.05) is 108 Å². The zero-order valence-corrected chi connectivity index (χ0v) is 39.6. The number of benzene rings is 8. The van der Waals surface area contributed by atoms with E-state index in [1.54, 1.807) is 0 Å².